The van der Waals surface area contributed by atoms with E-state index in [1.54, 1.807) is 11.3 Å². The molecule has 0 radical (unpaired) electrons. The van der Waals surface area contributed by atoms with E-state index in [0.29, 0.717) is 28.5 Å². The molecular weight excluding hydrogens is 330 g/mol. The van der Waals surface area contributed by atoms with Gasteiger partial charge in [-0.2, -0.15) is 4.98 Å². The number of nitrogen functional groups attached to an aromatic ring is 1. The molecule has 122 valence electrons. The molecule has 3 aromatic rings. The fourth-order valence-electron chi connectivity index (χ4n) is 2.25. The first-order chi connectivity index (χ1) is 10.9. The van der Waals surface area contributed by atoms with E-state index in [1.165, 1.54) is 16.6 Å². The summed E-state index contributed by atoms with van der Waals surface area (Å²) < 4.78 is 5.26. The summed E-state index contributed by atoms with van der Waals surface area (Å²) in [5, 5.41) is 5.59. The smallest absolute Gasteiger partial charge is 0.237 e. The summed E-state index contributed by atoms with van der Waals surface area (Å²) in [6.07, 6.45) is 0.817. The average Bonchev–Trinajstić information content (AvgIpc) is 3.01. The van der Waals surface area contributed by atoms with Crippen molar-refractivity contribution in [3.8, 4) is 0 Å². The largest absolute Gasteiger partial charge is 0.383 e. The Labute approximate surface area is 142 Å². The molecule has 3 rings (SSSR count). The zero-order chi connectivity index (χ0) is 16.6. The zero-order valence-corrected chi connectivity index (χ0v) is 15.2. The van der Waals surface area contributed by atoms with Gasteiger partial charge in [-0.15, -0.1) is 11.3 Å². The van der Waals surface area contributed by atoms with Crippen LogP contribution >= 0.6 is 23.1 Å². The highest BCUT2D eigenvalue weighted by Crippen LogP contribution is 2.33. The van der Waals surface area contributed by atoms with Gasteiger partial charge in [-0.05, 0) is 25.3 Å². The molecule has 0 fully saturated rings. The van der Waals surface area contributed by atoms with Gasteiger partial charge >= 0.3 is 0 Å². The number of thioether (sulfide) groups is 1. The lowest BCUT2D eigenvalue weighted by Crippen LogP contribution is -1.97. The molecule has 0 atom stereocenters. The Morgan fingerprint density at radius 1 is 1.22 bits per heavy atom. The minimum absolute atomic E-state index is 0.504. The van der Waals surface area contributed by atoms with Gasteiger partial charge in [-0.25, -0.2) is 9.97 Å². The minimum atomic E-state index is 0.504. The van der Waals surface area contributed by atoms with Crippen molar-refractivity contribution in [1.29, 1.82) is 0 Å². The lowest BCUT2D eigenvalue weighted by molar-refractivity contribution is 0.382. The van der Waals surface area contributed by atoms with Crippen molar-refractivity contribution in [3.63, 3.8) is 0 Å². The van der Waals surface area contributed by atoms with Crippen LogP contribution in [0.4, 0.5) is 5.82 Å². The van der Waals surface area contributed by atoms with Crippen LogP contribution in [0.1, 0.15) is 36.0 Å². The van der Waals surface area contributed by atoms with E-state index in [4.69, 9.17) is 10.3 Å². The molecule has 0 bridgehead atoms. The molecule has 0 spiro atoms. The number of nitrogens with zero attached hydrogens (tertiary/aromatic N) is 4. The number of aryl methyl sites for hydroxylation is 2. The molecule has 0 saturated heterocycles. The molecule has 2 N–H and O–H groups in total. The number of thiophene rings is 1. The molecule has 3 aromatic heterocycles. The Bertz CT molecular complexity index is 840. The maximum Gasteiger partial charge on any atom is 0.237 e. The second-order valence-corrected chi connectivity index (χ2v) is 7.99. The van der Waals surface area contributed by atoms with Crippen LogP contribution in [-0.2, 0) is 12.2 Å². The second-order valence-electron chi connectivity index (χ2n) is 5.85. The van der Waals surface area contributed by atoms with Gasteiger partial charge in [0.15, 0.2) is 11.0 Å². The molecule has 0 unspecified atom stereocenters. The Balaban J connectivity index is 1.75. The molecule has 6 nitrogen and oxygen atoms in total. The normalized spacial score (nSPS) is 11.7. The number of rotatable bonds is 5. The van der Waals surface area contributed by atoms with Crippen LogP contribution in [0, 0.1) is 19.8 Å². The molecule has 0 amide bonds. The van der Waals surface area contributed by atoms with Gasteiger partial charge in [0.2, 0.25) is 5.89 Å². The lowest BCUT2D eigenvalue weighted by atomic mass is 10.1. The van der Waals surface area contributed by atoms with Gasteiger partial charge in [0, 0.05) is 11.3 Å². The van der Waals surface area contributed by atoms with Crippen molar-refractivity contribution in [2.45, 2.75) is 45.0 Å². The van der Waals surface area contributed by atoms with Gasteiger partial charge in [0.05, 0.1) is 11.1 Å². The lowest BCUT2D eigenvalue weighted by Gasteiger charge is -2.01. The Morgan fingerprint density at radius 3 is 2.74 bits per heavy atom. The van der Waals surface area contributed by atoms with Crippen molar-refractivity contribution in [1.82, 2.24) is 20.1 Å². The van der Waals surface area contributed by atoms with E-state index in [2.05, 4.69) is 47.8 Å². The first-order valence-electron chi connectivity index (χ1n) is 7.41. The van der Waals surface area contributed by atoms with E-state index in [1.807, 2.05) is 0 Å². The minimum Gasteiger partial charge on any atom is -0.383 e. The topological polar surface area (TPSA) is 90.7 Å². The number of fused-ring (bicyclic) bond motifs is 1. The van der Waals surface area contributed by atoms with E-state index >= 15 is 0 Å². The number of hydrogen-bond donors (Lipinski definition) is 1. The van der Waals surface area contributed by atoms with Crippen LogP contribution in [0.5, 0.6) is 0 Å². The van der Waals surface area contributed by atoms with E-state index in [-0.39, 0.29) is 0 Å². The van der Waals surface area contributed by atoms with Crippen molar-refractivity contribution in [3.05, 3.63) is 22.2 Å². The van der Waals surface area contributed by atoms with Crippen molar-refractivity contribution in [2.24, 2.45) is 5.92 Å². The number of nitrogens with two attached hydrogens (primary N) is 1. The summed E-state index contributed by atoms with van der Waals surface area (Å²) >= 11 is 3.10. The maximum absolute atomic E-state index is 6.09. The molecule has 8 heteroatoms. The predicted octanol–water partition coefficient (Wildman–Crippen LogP) is 3.76. The summed E-state index contributed by atoms with van der Waals surface area (Å²) in [6.45, 7) is 8.38. The number of aromatic nitrogens is 4. The molecular formula is C15H19N5OS2. The van der Waals surface area contributed by atoms with Crippen LogP contribution in [0.25, 0.3) is 10.2 Å². The zero-order valence-electron chi connectivity index (χ0n) is 13.6. The van der Waals surface area contributed by atoms with Gasteiger partial charge in [-0.3, -0.25) is 0 Å². The van der Waals surface area contributed by atoms with Gasteiger partial charge in [-0.1, -0.05) is 30.8 Å². The highest BCUT2D eigenvalue weighted by Gasteiger charge is 2.14. The number of anilines is 1. The molecule has 0 aromatic carbocycles. The molecule has 23 heavy (non-hydrogen) atoms. The summed E-state index contributed by atoms with van der Waals surface area (Å²) in [5.74, 6) is 2.91. The van der Waals surface area contributed by atoms with E-state index in [9.17, 15) is 0 Å². The predicted molar refractivity (Wildman–Crippen MR) is 93.7 cm³/mol. The fourth-order valence-corrected chi connectivity index (χ4v) is 4.03. The third kappa shape index (κ3) is 3.48. The third-order valence-corrected chi connectivity index (χ3v) is 5.40. The fraction of sp³-hybridized carbons (Fsp3) is 0.467. The SMILES string of the molecule is Cc1sc2nc(SCc3nc(CC(C)C)no3)nc(N)c2c1C. The summed E-state index contributed by atoms with van der Waals surface area (Å²) in [5.41, 5.74) is 7.25. The van der Waals surface area contributed by atoms with E-state index < -0.39 is 0 Å². The highest BCUT2D eigenvalue weighted by atomic mass is 32.2. The summed E-state index contributed by atoms with van der Waals surface area (Å²) in [4.78, 5) is 15.5. The quantitative estimate of drug-likeness (QED) is 0.554. The average molecular weight is 349 g/mol. The molecule has 0 aliphatic rings. The summed E-state index contributed by atoms with van der Waals surface area (Å²) in [7, 11) is 0. The highest BCUT2D eigenvalue weighted by molar-refractivity contribution is 7.98. The Morgan fingerprint density at radius 2 is 2.00 bits per heavy atom. The van der Waals surface area contributed by atoms with Crippen LogP contribution in [0.3, 0.4) is 0 Å². The van der Waals surface area contributed by atoms with Crippen molar-refractivity contribution >= 4 is 39.1 Å². The van der Waals surface area contributed by atoms with E-state index in [0.717, 1.165) is 28.0 Å². The van der Waals surface area contributed by atoms with Gasteiger partial charge < -0.3 is 10.3 Å². The maximum atomic E-state index is 6.09. The summed E-state index contributed by atoms with van der Waals surface area (Å²) in [6, 6.07) is 0. The first-order valence-corrected chi connectivity index (χ1v) is 9.21. The van der Waals surface area contributed by atoms with Gasteiger partial charge in [0.1, 0.15) is 10.6 Å². The van der Waals surface area contributed by atoms with Crippen LogP contribution < -0.4 is 5.73 Å². The monoisotopic (exact) mass is 349 g/mol. The molecule has 3 heterocycles. The van der Waals surface area contributed by atoms with Crippen LogP contribution in [-0.4, -0.2) is 20.1 Å². The standard InChI is InChI=1S/C15H19N5OS2/c1-7(2)5-10-17-11(21-20-10)6-22-15-18-13(16)12-8(3)9(4)23-14(12)19-15/h7H,5-6H2,1-4H3,(H2,16,18,19). The Kier molecular flexibility index (Phi) is 4.54. The molecule has 0 saturated carbocycles. The molecule has 0 aliphatic carbocycles. The van der Waals surface area contributed by atoms with Gasteiger partial charge in [0.25, 0.3) is 0 Å². The second kappa shape index (κ2) is 6.45. The van der Waals surface area contributed by atoms with Crippen LogP contribution in [0.15, 0.2) is 9.68 Å². The van der Waals surface area contributed by atoms with Crippen LogP contribution in [0.2, 0.25) is 0 Å². The first kappa shape index (κ1) is 16.2. The van der Waals surface area contributed by atoms with Crippen molar-refractivity contribution in [2.75, 3.05) is 5.73 Å². The molecule has 0 aliphatic heterocycles. The number of hydrogen-bond acceptors (Lipinski definition) is 8. The third-order valence-electron chi connectivity index (χ3n) is 3.46. The Hall–Kier alpha value is -1.67. The van der Waals surface area contributed by atoms with Crippen molar-refractivity contribution < 1.29 is 4.52 Å².